The fourth-order valence-electron chi connectivity index (χ4n) is 3.63. The summed E-state index contributed by atoms with van der Waals surface area (Å²) < 4.78 is 66.0. The van der Waals surface area contributed by atoms with Crippen LogP contribution in [-0.4, -0.2) is 39.9 Å². The number of methoxy groups -OCH3 is 1. The largest absolute Gasteiger partial charge is 0.497 e. The predicted molar refractivity (Wildman–Crippen MR) is 151 cm³/mol. The van der Waals surface area contributed by atoms with Crippen LogP contribution in [0.25, 0.3) is 0 Å². The molecule has 0 aliphatic carbocycles. The van der Waals surface area contributed by atoms with Gasteiger partial charge in [0.1, 0.15) is 17.2 Å². The third-order valence-corrected chi connectivity index (χ3v) is 8.62. The summed E-state index contributed by atoms with van der Waals surface area (Å²) in [6.07, 6.45) is 0. The summed E-state index contributed by atoms with van der Waals surface area (Å²) in [4.78, 5) is 21.8. The first kappa shape index (κ1) is 30.0. The Morgan fingerprint density at radius 1 is 0.810 bits per heavy atom. The molecule has 0 spiro atoms. The number of nitro groups is 1. The Hall–Kier alpha value is -4.99. The van der Waals surface area contributed by atoms with Crippen molar-refractivity contribution >= 4 is 37.4 Å². The van der Waals surface area contributed by atoms with E-state index in [0.29, 0.717) is 17.1 Å². The van der Waals surface area contributed by atoms with Gasteiger partial charge in [0.2, 0.25) is 10.0 Å². The molecule has 42 heavy (non-hydrogen) atoms. The average Bonchev–Trinajstić information content (AvgIpc) is 2.97. The summed E-state index contributed by atoms with van der Waals surface area (Å²) in [6.45, 7) is 0.00139. The molecule has 0 fully saturated rings. The molecular weight excluding hydrogens is 590 g/mol. The Morgan fingerprint density at radius 2 is 1.36 bits per heavy atom. The number of benzene rings is 4. The zero-order chi connectivity index (χ0) is 30.5. The second-order valence-corrected chi connectivity index (χ2v) is 12.1. The SMILES string of the molecule is COc1ccc(S(=O)(=O)NCc2ccc(Oc3ccc(NS(=O)(=O)c4ccc([N+](=O)[O-])cc4)c(C(=O)O)c3)cc2)cc1. The molecule has 0 radical (unpaired) electrons. The zero-order valence-electron chi connectivity index (χ0n) is 21.8. The number of sulfonamides is 2. The minimum atomic E-state index is -4.26. The van der Waals surface area contributed by atoms with E-state index in [1.807, 2.05) is 0 Å². The van der Waals surface area contributed by atoms with Gasteiger partial charge >= 0.3 is 5.97 Å². The van der Waals surface area contributed by atoms with Crippen molar-refractivity contribution in [3.63, 3.8) is 0 Å². The molecule has 13 nitrogen and oxygen atoms in total. The average molecular weight is 614 g/mol. The Labute approximate surface area is 240 Å². The van der Waals surface area contributed by atoms with Crippen LogP contribution in [0.15, 0.2) is 101 Å². The molecular formula is C27H23N3O10S2. The molecule has 0 saturated heterocycles. The topological polar surface area (TPSA) is 191 Å². The first-order chi connectivity index (χ1) is 19.9. The molecule has 0 saturated carbocycles. The second kappa shape index (κ2) is 12.3. The third kappa shape index (κ3) is 7.20. The van der Waals surface area contributed by atoms with E-state index in [0.717, 1.165) is 30.3 Å². The number of rotatable bonds is 12. The van der Waals surface area contributed by atoms with Crippen LogP contribution in [0.2, 0.25) is 0 Å². The van der Waals surface area contributed by atoms with E-state index in [1.54, 1.807) is 24.3 Å². The number of ether oxygens (including phenoxy) is 2. The molecule has 0 heterocycles. The first-order valence-electron chi connectivity index (χ1n) is 11.9. The van der Waals surface area contributed by atoms with Gasteiger partial charge in [-0.25, -0.2) is 26.4 Å². The van der Waals surface area contributed by atoms with Crippen LogP contribution in [0.5, 0.6) is 17.2 Å². The lowest BCUT2D eigenvalue weighted by atomic mass is 10.1. The van der Waals surface area contributed by atoms with Crippen molar-refractivity contribution in [2.24, 2.45) is 0 Å². The monoisotopic (exact) mass is 613 g/mol. The quantitative estimate of drug-likeness (QED) is 0.153. The van der Waals surface area contributed by atoms with Gasteiger partial charge in [0.05, 0.1) is 33.1 Å². The summed E-state index contributed by atoms with van der Waals surface area (Å²) in [5, 5.41) is 20.5. The number of anilines is 1. The summed E-state index contributed by atoms with van der Waals surface area (Å²) in [5.41, 5.74) is -0.318. The summed E-state index contributed by atoms with van der Waals surface area (Å²) in [6, 6.07) is 20.1. The second-order valence-electron chi connectivity index (χ2n) is 8.62. The minimum absolute atomic E-state index is 0.00139. The van der Waals surface area contributed by atoms with Gasteiger partial charge in [-0.3, -0.25) is 14.8 Å². The number of nitrogens with one attached hydrogen (secondary N) is 2. The summed E-state index contributed by atoms with van der Waals surface area (Å²) in [5.74, 6) is -0.495. The standard InChI is InChI=1S/C27H23N3O10S2/c1-39-20-8-13-23(14-9-20)41(35,36)28-17-18-2-6-21(7-3-18)40-22-10-15-26(25(16-22)27(31)32)29-42(37,38)24-11-4-19(5-12-24)30(33)34/h2-16,28-29H,17H2,1H3,(H,31,32). The molecule has 0 aliphatic heterocycles. The number of aromatic carboxylic acids is 1. The van der Waals surface area contributed by atoms with E-state index in [1.165, 1.54) is 43.5 Å². The van der Waals surface area contributed by atoms with Crippen LogP contribution in [0, 0.1) is 10.1 Å². The fraction of sp³-hybridized carbons (Fsp3) is 0.0741. The number of carboxylic acids is 1. The minimum Gasteiger partial charge on any atom is -0.497 e. The van der Waals surface area contributed by atoms with E-state index < -0.39 is 36.5 Å². The van der Waals surface area contributed by atoms with Crippen molar-refractivity contribution < 1.29 is 41.1 Å². The Balaban J connectivity index is 1.43. The molecule has 0 unspecified atom stereocenters. The molecule has 3 N–H and O–H groups in total. The highest BCUT2D eigenvalue weighted by Crippen LogP contribution is 2.29. The molecule has 0 aliphatic rings. The van der Waals surface area contributed by atoms with Crippen LogP contribution in [-0.2, 0) is 26.6 Å². The van der Waals surface area contributed by atoms with Gasteiger partial charge in [-0.05, 0) is 72.3 Å². The van der Waals surface area contributed by atoms with Crippen LogP contribution in [0.4, 0.5) is 11.4 Å². The first-order valence-corrected chi connectivity index (χ1v) is 14.9. The van der Waals surface area contributed by atoms with Gasteiger partial charge in [0, 0.05) is 18.7 Å². The van der Waals surface area contributed by atoms with E-state index in [9.17, 15) is 36.9 Å². The van der Waals surface area contributed by atoms with Gasteiger partial charge in [-0.2, -0.15) is 0 Å². The number of hydrogen-bond donors (Lipinski definition) is 3. The Bertz CT molecular complexity index is 1820. The predicted octanol–water partition coefficient (Wildman–Crippen LogP) is 4.37. The number of nitro benzene ring substituents is 1. The highest BCUT2D eigenvalue weighted by Gasteiger charge is 2.21. The molecule has 15 heteroatoms. The molecule has 4 rings (SSSR count). The summed E-state index contributed by atoms with van der Waals surface area (Å²) >= 11 is 0. The number of carboxylic acid groups (broad SMARTS) is 1. The summed E-state index contributed by atoms with van der Waals surface area (Å²) in [7, 11) is -6.54. The van der Waals surface area contributed by atoms with Crippen molar-refractivity contribution in [1.29, 1.82) is 0 Å². The molecule has 218 valence electrons. The lowest BCUT2D eigenvalue weighted by Crippen LogP contribution is -2.23. The van der Waals surface area contributed by atoms with Crippen molar-refractivity contribution in [1.82, 2.24) is 4.72 Å². The van der Waals surface area contributed by atoms with Crippen LogP contribution in [0.3, 0.4) is 0 Å². The normalized spacial score (nSPS) is 11.5. The van der Waals surface area contributed by atoms with Gasteiger partial charge in [-0.1, -0.05) is 12.1 Å². The van der Waals surface area contributed by atoms with Crippen LogP contribution in [0.1, 0.15) is 15.9 Å². The van der Waals surface area contributed by atoms with E-state index in [-0.39, 0.29) is 33.5 Å². The zero-order valence-corrected chi connectivity index (χ0v) is 23.4. The van der Waals surface area contributed by atoms with Crippen LogP contribution < -0.4 is 18.9 Å². The molecule has 4 aromatic carbocycles. The van der Waals surface area contributed by atoms with Crippen molar-refractivity contribution in [3.8, 4) is 17.2 Å². The van der Waals surface area contributed by atoms with Crippen molar-refractivity contribution in [2.45, 2.75) is 16.3 Å². The third-order valence-electron chi connectivity index (χ3n) is 5.82. The molecule has 0 aromatic heterocycles. The number of nitrogens with zero attached hydrogens (tertiary/aromatic N) is 1. The van der Waals surface area contributed by atoms with E-state index >= 15 is 0 Å². The lowest BCUT2D eigenvalue weighted by Gasteiger charge is -2.13. The van der Waals surface area contributed by atoms with Crippen molar-refractivity contribution in [3.05, 3.63) is 112 Å². The molecule has 0 amide bonds. The van der Waals surface area contributed by atoms with Gasteiger partial charge in [0.15, 0.2) is 0 Å². The van der Waals surface area contributed by atoms with Gasteiger partial charge in [0.25, 0.3) is 15.7 Å². The van der Waals surface area contributed by atoms with Crippen LogP contribution >= 0.6 is 0 Å². The van der Waals surface area contributed by atoms with Gasteiger partial charge in [-0.15, -0.1) is 0 Å². The van der Waals surface area contributed by atoms with Gasteiger partial charge < -0.3 is 14.6 Å². The molecule has 0 bridgehead atoms. The number of hydrogen-bond acceptors (Lipinski definition) is 9. The lowest BCUT2D eigenvalue weighted by molar-refractivity contribution is -0.384. The molecule has 4 aromatic rings. The fourth-order valence-corrected chi connectivity index (χ4v) is 5.73. The smallest absolute Gasteiger partial charge is 0.337 e. The number of non-ortho nitro benzene ring substituents is 1. The Morgan fingerprint density at radius 3 is 1.93 bits per heavy atom. The highest BCUT2D eigenvalue weighted by atomic mass is 32.2. The highest BCUT2D eigenvalue weighted by molar-refractivity contribution is 7.92. The van der Waals surface area contributed by atoms with E-state index in [2.05, 4.69) is 9.44 Å². The maximum atomic E-state index is 12.7. The number of carbonyl (C=O) groups is 1. The van der Waals surface area contributed by atoms with Crippen molar-refractivity contribution in [2.75, 3.05) is 11.8 Å². The van der Waals surface area contributed by atoms with E-state index in [4.69, 9.17) is 9.47 Å². The Kier molecular flexibility index (Phi) is 8.75. The maximum Gasteiger partial charge on any atom is 0.337 e. The maximum absolute atomic E-state index is 12.7. The molecule has 0 atom stereocenters.